The zero-order valence-corrected chi connectivity index (χ0v) is 21.4. The van der Waals surface area contributed by atoms with E-state index in [9.17, 15) is 19.8 Å². The second-order valence-electron chi connectivity index (χ2n) is 10.1. The molecule has 0 aromatic rings. The fourth-order valence-corrected chi connectivity index (χ4v) is 3.92. The standard InChI is InChI=1S/C25H46N2O6/c1-15(2)20(28)14-21(29)19(26)8-9-22(33-25(31)16(3)4)18(6)24(32-7)17(5)10-12-27-13-11-23(27)30/h10,12,15-22,24,28-29H,8-9,11,13-14,26H2,1-7H3/b12-10+/t17-,18+,19+,20+,21+,22-,24-/m1/s1. The minimum absolute atomic E-state index is 0.0147. The Hall–Kier alpha value is -1.48. The molecule has 1 heterocycles. The maximum Gasteiger partial charge on any atom is 0.308 e. The van der Waals surface area contributed by atoms with Gasteiger partial charge in [0.25, 0.3) is 0 Å². The van der Waals surface area contributed by atoms with Gasteiger partial charge >= 0.3 is 5.97 Å². The number of esters is 1. The van der Waals surface area contributed by atoms with Crippen molar-refractivity contribution in [2.45, 2.75) is 97.7 Å². The van der Waals surface area contributed by atoms with E-state index in [1.54, 1.807) is 32.1 Å². The molecule has 1 saturated heterocycles. The smallest absolute Gasteiger partial charge is 0.308 e. The molecule has 4 N–H and O–H groups in total. The number of ether oxygens (including phenoxy) is 2. The van der Waals surface area contributed by atoms with Crippen molar-refractivity contribution in [1.82, 2.24) is 4.90 Å². The van der Waals surface area contributed by atoms with Gasteiger partial charge in [0.15, 0.2) is 0 Å². The van der Waals surface area contributed by atoms with E-state index in [2.05, 4.69) is 0 Å². The predicted molar refractivity (Wildman–Crippen MR) is 128 cm³/mol. The Labute approximate surface area is 199 Å². The molecule has 8 heteroatoms. The summed E-state index contributed by atoms with van der Waals surface area (Å²) in [7, 11) is 1.63. The molecule has 192 valence electrons. The van der Waals surface area contributed by atoms with Crippen molar-refractivity contribution in [1.29, 1.82) is 0 Å². The molecule has 0 aliphatic carbocycles. The number of nitrogens with zero attached hydrogens (tertiary/aromatic N) is 1. The first-order valence-electron chi connectivity index (χ1n) is 12.2. The topological polar surface area (TPSA) is 122 Å². The van der Waals surface area contributed by atoms with Crippen LogP contribution in [-0.4, -0.2) is 71.1 Å². The fourth-order valence-electron chi connectivity index (χ4n) is 3.92. The van der Waals surface area contributed by atoms with Crippen LogP contribution < -0.4 is 5.73 Å². The highest BCUT2D eigenvalue weighted by atomic mass is 16.5. The molecule has 8 nitrogen and oxygen atoms in total. The minimum atomic E-state index is -0.840. The second kappa shape index (κ2) is 14.0. The number of aliphatic hydroxyl groups excluding tert-OH is 2. The lowest BCUT2D eigenvalue weighted by atomic mass is 9.85. The van der Waals surface area contributed by atoms with Gasteiger partial charge in [-0.25, -0.2) is 0 Å². The Morgan fingerprint density at radius 2 is 1.76 bits per heavy atom. The van der Waals surface area contributed by atoms with Crippen molar-refractivity contribution in [3.8, 4) is 0 Å². The van der Waals surface area contributed by atoms with Crippen LogP contribution in [0.4, 0.5) is 0 Å². The molecule has 0 bridgehead atoms. The number of carbonyl (C=O) groups is 2. The summed E-state index contributed by atoms with van der Waals surface area (Å²) in [6.07, 6.45) is 3.30. The van der Waals surface area contributed by atoms with E-state index in [-0.39, 0.29) is 48.1 Å². The van der Waals surface area contributed by atoms with Crippen molar-refractivity contribution >= 4 is 11.9 Å². The van der Waals surface area contributed by atoms with Gasteiger partial charge in [-0.3, -0.25) is 9.59 Å². The lowest BCUT2D eigenvalue weighted by Gasteiger charge is -2.34. The van der Waals surface area contributed by atoms with Gasteiger partial charge in [-0.2, -0.15) is 0 Å². The molecule has 0 aromatic heterocycles. The van der Waals surface area contributed by atoms with E-state index in [0.29, 0.717) is 19.3 Å². The first kappa shape index (κ1) is 29.6. The molecular formula is C25H46N2O6. The summed E-state index contributed by atoms with van der Waals surface area (Å²) in [5.41, 5.74) is 6.21. The molecular weight excluding hydrogens is 424 g/mol. The number of methoxy groups -OCH3 is 1. The van der Waals surface area contributed by atoms with Crippen LogP contribution in [0.3, 0.4) is 0 Å². The average molecular weight is 471 g/mol. The molecule has 0 saturated carbocycles. The first-order valence-corrected chi connectivity index (χ1v) is 12.2. The number of amides is 1. The summed E-state index contributed by atoms with van der Waals surface area (Å²) in [5, 5.41) is 20.5. The van der Waals surface area contributed by atoms with Crippen LogP contribution in [0.5, 0.6) is 0 Å². The van der Waals surface area contributed by atoms with Gasteiger partial charge in [0, 0.05) is 50.6 Å². The summed E-state index contributed by atoms with van der Waals surface area (Å²) in [5.74, 6) is -0.569. The lowest BCUT2D eigenvalue weighted by Crippen LogP contribution is -2.42. The van der Waals surface area contributed by atoms with Crippen molar-refractivity contribution in [3.05, 3.63) is 12.3 Å². The van der Waals surface area contributed by atoms with Gasteiger partial charge in [-0.15, -0.1) is 0 Å². The number of hydrogen-bond acceptors (Lipinski definition) is 7. The Kier molecular flexibility index (Phi) is 12.6. The Bertz CT molecular complexity index is 638. The van der Waals surface area contributed by atoms with Gasteiger partial charge < -0.3 is 30.3 Å². The minimum Gasteiger partial charge on any atom is -0.462 e. The monoisotopic (exact) mass is 470 g/mol. The van der Waals surface area contributed by atoms with Gasteiger partial charge in [0.05, 0.1) is 24.2 Å². The molecule has 1 rings (SSSR count). The third-order valence-electron chi connectivity index (χ3n) is 6.62. The molecule has 0 unspecified atom stereocenters. The molecule has 1 amide bonds. The van der Waals surface area contributed by atoms with Gasteiger partial charge in [-0.1, -0.05) is 47.6 Å². The van der Waals surface area contributed by atoms with Crippen LogP contribution in [0.2, 0.25) is 0 Å². The van der Waals surface area contributed by atoms with Crippen LogP contribution in [0.15, 0.2) is 12.3 Å². The summed E-state index contributed by atoms with van der Waals surface area (Å²) in [4.78, 5) is 25.6. The molecule has 33 heavy (non-hydrogen) atoms. The first-order chi connectivity index (χ1) is 15.4. The van der Waals surface area contributed by atoms with Crippen molar-refractivity contribution in [3.63, 3.8) is 0 Å². The molecule has 0 spiro atoms. The number of nitrogens with two attached hydrogens (primary N) is 1. The van der Waals surface area contributed by atoms with Crippen molar-refractivity contribution < 1.29 is 29.3 Å². The quantitative estimate of drug-likeness (QED) is 0.248. The second-order valence-corrected chi connectivity index (χ2v) is 10.1. The van der Waals surface area contributed by atoms with E-state index >= 15 is 0 Å². The highest BCUT2D eigenvalue weighted by molar-refractivity contribution is 5.82. The summed E-state index contributed by atoms with van der Waals surface area (Å²) >= 11 is 0. The van der Waals surface area contributed by atoms with Gasteiger partial charge in [0.1, 0.15) is 6.10 Å². The summed E-state index contributed by atoms with van der Waals surface area (Å²) in [6, 6.07) is -0.540. The Morgan fingerprint density at radius 1 is 1.12 bits per heavy atom. The van der Waals surface area contributed by atoms with Gasteiger partial charge in [-0.05, 0) is 18.8 Å². The zero-order valence-electron chi connectivity index (χ0n) is 21.4. The van der Waals surface area contributed by atoms with E-state index in [4.69, 9.17) is 15.2 Å². The molecule has 1 aliphatic heterocycles. The van der Waals surface area contributed by atoms with E-state index < -0.39 is 24.4 Å². The third kappa shape index (κ3) is 9.35. The fraction of sp³-hybridized carbons (Fsp3) is 0.840. The van der Waals surface area contributed by atoms with E-state index in [1.165, 1.54) is 0 Å². The Morgan fingerprint density at radius 3 is 2.21 bits per heavy atom. The van der Waals surface area contributed by atoms with Crippen LogP contribution in [0, 0.1) is 23.7 Å². The summed E-state index contributed by atoms with van der Waals surface area (Å²) in [6.45, 7) is 12.1. The SMILES string of the molecule is CO[C@@H]([C@@H](C)[C@@H](CC[C@H](N)[C@@H](O)C[C@H](O)C(C)C)OC(=O)C(C)C)[C@H](C)/C=C/N1CCC1=O. The molecule has 0 radical (unpaired) electrons. The van der Waals surface area contributed by atoms with Crippen LogP contribution in [-0.2, 0) is 19.1 Å². The van der Waals surface area contributed by atoms with Crippen LogP contribution >= 0.6 is 0 Å². The number of likely N-dealkylation sites (tertiary alicyclic amines) is 1. The highest BCUT2D eigenvalue weighted by Gasteiger charge is 2.33. The number of aliphatic hydroxyl groups is 2. The van der Waals surface area contributed by atoms with E-state index in [1.807, 2.05) is 33.8 Å². The molecule has 1 fully saturated rings. The molecule has 7 atom stereocenters. The number of rotatable bonds is 15. The van der Waals surface area contributed by atoms with Gasteiger partial charge in [0.2, 0.25) is 5.91 Å². The maximum atomic E-state index is 12.4. The number of hydrogen-bond donors (Lipinski definition) is 3. The highest BCUT2D eigenvalue weighted by Crippen LogP contribution is 2.27. The maximum absolute atomic E-state index is 12.4. The average Bonchev–Trinajstić information content (AvgIpc) is 2.75. The molecule has 0 aromatic carbocycles. The van der Waals surface area contributed by atoms with Crippen molar-refractivity contribution in [2.24, 2.45) is 29.4 Å². The number of β-lactam (4-membered cyclic amide) rings is 1. The van der Waals surface area contributed by atoms with E-state index in [0.717, 1.165) is 6.54 Å². The summed E-state index contributed by atoms with van der Waals surface area (Å²) < 4.78 is 11.6. The predicted octanol–water partition coefficient (Wildman–Crippen LogP) is 2.46. The zero-order chi connectivity index (χ0) is 25.3. The third-order valence-corrected chi connectivity index (χ3v) is 6.62. The number of carbonyl (C=O) groups excluding carboxylic acids is 2. The molecule has 1 aliphatic rings. The van der Waals surface area contributed by atoms with Crippen LogP contribution in [0.1, 0.15) is 67.2 Å². The lowest BCUT2D eigenvalue weighted by molar-refractivity contribution is -0.159. The van der Waals surface area contributed by atoms with Crippen molar-refractivity contribution in [2.75, 3.05) is 13.7 Å². The normalized spacial score (nSPS) is 21.0. The largest absolute Gasteiger partial charge is 0.462 e. The Balaban J connectivity index is 2.85. The van der Waals surface area contributed by atoms with Crippen LogP contribution in [0.25, 0.3) is 0 Å².